The molecule has 0 aliphatic heterocycles. The van der Waals surface area contributed by atoms with Gasteiger partial charge in [-0.1, -0.05) is 71.3 Å². The summed E-state index contributed by atoms with van der Waals surface area (Å²) in [5, 5.41) is 9.15. The molecule has 0 radical (unpaired) electrons. The average Bonchev–Trinajstić information content (AvgIpc) is 3.74. The number of sulfonamides is 2. The molecule has 6 aromatic carbocycles. The average molecular weight is 1100 g/mol. The van der Waals surface area contributed by atoms with Crippen LogP contribution in [0.4, 0.5) is 20.2 Å². The van der Waals surface area contributed by atoms with Crippen LogP contribution in [0.2, 0.25) is 0 Å². The van der Waals surface area contributed by atoms with Crippen LogP contribution in [0.15, 0.2) is 132 Å². The summed E-state index contributed by atoms with van der Waals surface area (Å²) in [7, 11) is -10.7. The van der Waals surface area contributed by atoms with Crippen LogP contribution in [-0.4, -0.2) is 67.7 Å². The molecule has 0 fully saturated rings. The lowest BCUT2D eigenvalue weighted by atomic mass is 9.86. The standard InChI is InChI=1S/C19H19F2NO3S.2C19H22N2O3S/c1-12-2-8-16-14(10-12)5-9-17(16)22-19(23)13-3-6-15(7-4-13)26(24,25)11-18(20)21;2*1-13-6-11-17-15(12-13)4-3-5-18(17)20-19(22)14-7-9-16(10-8-14)21-25(2,23)24/h2-4,6-8,10,17-18H,5,9,11H2,1H3,(H,22,23);2*6-12,18,21H,3-5H2,1-2H3,(H,20,22)/t17-;2*18-/m110/s1. The normalized spacial score (nSPS) is 16.7. The molecule has 9 rings (SSSR count). The second kappa shape index (κ2) is 24.4. The van der Waals surface area contributed by atoms with Crippen LogP contribution in [0.1, 0.15) is 131 Å². The topological polar surface area (TPSA) is 214 Å². The van der Waals surface area contributed by atoms with Crippen molar-refractivity contribution in [1.82, 2.24) is 16.0 Å². The fourth-order valence-electron chi connectivity index (χ4n) is 9.69. The first-order chi connectivity index (χ1) is 35.9. The molecule has 3 aliphatic carbocycles. The third kappa shape index (κ3) is 15.8. The highest BCUT2D eigenvalue weighted by molar-refractivity contribution is 7.92. The van der Waals surface area contributed by atoms with E-state index in [4.69, 9.17) is 0 Å². The number of carbonyl (C=O) groups excluding carboxylic acids is 3. The zero-order chi connectivity index (χ0) is 55.0. The van der Waals surface area contributed by atoms with E-state index in [2.05, 4.69) is 81.7 Å². The Hall–Kier alpha value is -6.96. The number of hydrogen-bond acceptors (Lipinski definition) is 9. The summed E-state index contributed by atoms with van der Waals surface area (Å²) in [6.07, 6.45) is 7.02. The van der Waals surface area contributed by atoms with Crippen molar-refractivity contribution in [2.24, 2.45) is 0 Å². The fraction of sp³-hybridized carbons (Fsp3) is 0.316. The van der Waals surface area contributed by atoms with E-state index in [1.165, 1.54) is 68.8 Å². The predicted octanol–water partition coefficient (Wildman–Crippen LogP) is 9.80. The van der Waals surface area contributed by atoms with Gasteiger partial charge in [0.15, 0.2) is 9.84 Å². The van der Waals surface area contributed by atoms with Gasteiger partial charge in [0.1, 0.15) is 5.75 Å². The van der Waals surface area contributed by atoms with Gasteiger partial charge >= 0.3 is 0 Å². The largest absolute Gasteiger partial charge is 0.345 e. The Morgan fingerprint density at radius 3 is 1.14 bits per heavy atom. The van der Waals surface area contributed by atoms with Crippen molar-refractivity contribution in [3.05, 3.63) is 194 Å². The van der Waals surface area contributed by atoms with Crippen LogP contribution >= 0.6 is 0 Å². The van der Waals surface area contributed by atoms with Gasteiger partial charge < -0.3 is 16.0 Å². The third-order valence-electron chi connectivity index (χ3n) is 13.2. The predicted molar refractivity (Wildman–Crippen MR) is 293 cm³/mol. The molecule has 19 heteroatoms. The minimum Gasteiger partial charge on any atom is -0.345 e. The molecule has 402 valence electrons. The monoisotopic (exact) mass is 1100 g/mol. The second-order valence-corrected chi connectivity index (χ2v) is 25.1. The van der Waals surface area contributed by atoms with E-state index in [-0.39, 0.29) is 40.7 Å². The van der Waals surface area contributed by atoms with Gasteiger partial charge in [-0.15, -0.1) is 0 Å². The molecule has 3 aliphatic rings. The number of fused-ring (bicyclic) bond motifs is 3. The van der Waals surface area contributed by atoms with Crippen molar-refractivity contribution in [3.8, 4) is 0 Å². The highest BCUT2D eigenvalue weighted by Crippen LogP contribution is 2.34. The van der Waals surface area contributed by atoms with Crippen LogP contribution in [0.25, 0.3) is 0 Å². The Kier molecular flexibility index (Phi) is 18.2. The van der Waals surface area contributed by atoms with E-state index in [0.717, 1.165) is 69.4 Å². The smallest absolute Gasteiger partial charge is 0.252 e. The van der Waals surface area contributed by atoms with E-state index in [1.807, 2.05) is 19.1 Å². The molecule has 0 bridgehead atoms. The van der Waals surface area contributed by atoms with Crippen molar-refractivity contribution >= 4 is 59.0 Å². The minimum atomic E-state index is -4.05. The highest BCUT2D eigenvalue weighted by atomic mass is 32.2. The lowest BCUT2D eigenvalue weighted by Gasteiger charge is -2.27. The lowest BCUT2D eigenvalue weighted by molar-refractivity contribution is 0.0924. The summed E-state index contributed by atoms with van der Waals surface area (Å²) in [4.78, 5) is 37.3. The van der Waals surface area contributed by atoms with E-state index < -0.39 is 42.1 Å². The Balaban J connectivity index is 0.000000166. The quantitative estimate of drug-likeness (QED) is 0.0743. The molecular formula is C57H63F2N5O9S3. The number of anilines is 2. The van der Waals surface area contributed by atoms with E-state index in [0.29, 0.717) is 28.1 Å². The van der Waals surface area contributed by atoms with Gasteiger partial charge in [0.2, 0.25) is 20.0 Å². The first-order valence-corrected chi connectivity index (χ1v) is 30.3. The number of nitrogens with one attached hydrogen (secondary N) is 5. The fourth-order valence-corrected chi connectivity index (χ4v) is 11.9. The summed E-state index contributed by atoms with van der Waals surface area (Å²) in [6.45, 7) is 6.18. The van der Waals surface area contributed by atoms with Gasteiger partial charge in [0.25, 0.3) is 24.1 Å². The zero-order valence-corrected chi connectivity index (χ0v) is 45.4. The molecule has 0 aromatic heterocycles. The van der Waals surface area contributed by atoms with E-state index >= 15 is 0 Å². The summed E-state index contributed by atoms with van der Waals surface area (Å²) in [5.41, 5.74) is 13.2. The molecule has 5 N–H and O–H groups in total. The van der Waals surface area contributed by atoms with Gasteiger partial charge in [0, 0.05) is 28.1 Å². The Labute approximate surface area is 444 Å². The number of halogens is 2. The molecule has 3 amide bonds. The Morgan fingerprint density at radius 1 is 0.474 bits per heavy atom. The van der Waals surface area contributed by atoms with Crippen LogP contribution in [0, 0.1) is 20.8 Å². The van der Waals surface area contributed by atoms with Crippen molar-refractivity contribution in [3.63, 3.8) is 0 Å². The van der Waals surface area contributed by atoms with E-state index in [1.54, 1.807) is 48.5 Å². The van der Waals surface area contributed by atoms with Gasteiger partial charge in [0.05, 0.1) is 35.5 Å². The number of sulfone groups is 1. The number of benzene rings is 6. The number of carbonyl (C=O) groups is 3. The Bertz CT molecular complexity index is 3280. The van der Waals surface area contributed by atoms with Crippen LogP contribution in [0.3, 0.4) is 0 Å². The maximum Gasteiger partial charge on any atom is 0.252 e. The molecular weight excluding hydrogens is 1030 g/mol. The minimum absolute atomic E-state index is 0.0191. The van der Waals surface area contributed by atoms with E-state index in [9.17, 15) is 48.4 Å². The van der Waals surface area contributed by atoms with Gasteiger partial charge in [-0.25, -0.2) is 34.0 Å². The second-order valence-electron chi connectivity index (χ2n) is 19.6. The van der Waals surface area contributed by atoms with Crippen molar-refractivity contribution in [2.75, 3.05) is 27.7 Å². The van der Waals surface area contributed by atoms with Gasteiger partial charge in [-0.2, -0.15) is 0 Å². The molecule has 76 heavy (non-hydrogen) atoms. The maximum atomic E-state index is 12.5. The van der Waals surface area contributed by atoms with Crippen LogP contribution in [0.5, 0.6) is 0 Å². The number of rotatable bonds is 13. The number of alkyl halides is 2. The highest BCUT2D eigenvalue weighted by Gasteiger charge is 2.27. The SMILES string of the molecule is Cc1ccc2c(c1)CCC[C@@H]2NC(=O)c1ccc(NS(C)(=O)=O)cc1.Cc1ccc2c(c1)CCC[C@H]2NC(=O)c1ccc(NS(C)(=O)=O)cc1.Cc1ccc2c(c1)CC[C@H]2NC(=O)c1ccc(S(=O)(=O)CC(F)F)cc1. The molecule has 0 saturated carbocycles. The van der Waals surface area contributed by atoms with Crippen molar-refractivity contribution < 1.29 is 48.4 Å². The lowest BCUT2D eigenvalue weighted by Crippen LogP contribution is -2.31. The third-order valence-corrected chi connectivity index (χ3v) is 16.1. The molecule has 0 saturated heterocycles. The maximum absolute atomic E-state index is 12.5. The number of amides is 3. The Morgan fingerprint density at radius 2 is 0.803 bits per heavy atom. The molecule has 14 nitrogen and oxygen atoms in total. The summed E-state index contributed by atoms with van der Waals surface area (Å²) in [5.74, 6) is -1.84. The molecule has 0 heterocycles. The van der Waals surface area contributed by atoms with Gasteiger partial charge in [-0.05, 0) is 178 Å². The summed E-state index contributed by atoms with van der Waals surface area (Å²) >= 11 is 0. The summed E-state index contributed by atoms with van der Waals surface area (Å²) in [6, 6.07) is 36.8. The molecule has 3 atom stereocenters. The van der Waals surface area contributed by atoms with Crippen molar-refractivity contribution in [1.29, 1.82) is 0 Å². The number of hydrogen-bond donors (Lipinski definition) is 5. The molecule has 6 aromatic rings. The number of aryl methyl sites for hydroxylation is 6. The van der Waals surface area contributed by atoms with Crippen LogP contribution in [-0.2, 0) is 49.1 Å². The van der Waals surface area contributed by atoms with Crippen LogP contribution < -0.4 is 25.4 Å². The first-order valence-electron chi connectivity index (χ1n) is 24.9. The first kappa shape index (κ1) is 56.8. The molecule has 0 spiro atoms. The zero-order valence-electron chi connectivity index (χ0n) is 43.0. The van der Waals surface area contributed by atoms with Gasteiger partial charge in [-0.3, -0.25) is 23.8 Å². The molecule has 0 unspecified atom stereocenters. The summed E-state index contributed by atoms with van der Waals surface area (Å²) < 4.78 is 98.0. The van der Waals surface area contributed by atoms with Crippen molar-refractivity contribution in [2.45, 2.75) is 102 Å².